The second kappa shape index (κ2) is 8.85. The Morgan fingerprint density at radius 2 is 2.12 bits per heavy atom. The molecule has 1 atom stereocenters. The zero-order valence-electron chi connectivity index (χ0n) is 14.5. The highest BCUT2D eigenvalue weighted by Gasteiger charge is 2.11. The molecule has 1 heterocycles. The SMILES string of the molecule is COc1cccc(C(O)CNC(=O)CCCc2cc(C)sc2C)c1. The van der Waals surface area contributed by atoms with Gasteiger partial charge in [-0.05, 0) is 56.0 Å². The molecule has 2 aromatic rings. The maximum Gasteiger partial charge on any atom is 0.220 e. The molecule has 0 spiro atoms. The predicted molar refractivity (Wildman–Crippen MR) is 97.7 cm³/mol. The summed E-state index contributed by atoms with van der Waals surface area (Å²) in [7, 11) is 1.59. The van der Waals surface area contributed by atoms with Gasteiger partial charge in [0.15, 0.2) is 0 Å². The van der Waals surface area contributed by atoms with Crippen LogP contribution in [-0.2, 0) is 11.2 Å². The van der Waals surface area contributed by atoms with Crippen molar-refractivity contribution in [2.75, 3.05) is 13.7 Å². The standard InChI is InChI=1S/C19H25NO3S/c1-13-10-15(14(2)24-13)6-5-9-19(22)20-12-18(21)16-7-4-8-17(11-16)23-3/h4,7-8,10-11,18,21H,5-6,9,12H2,1-3H3,(H,20,22). The van der Waals surface area contributed by atoms with Crippen molar-refractivity contribution < 1.29 is 14.6 Å². The molecule has 0 aliphatic carbocycles. The second-order valence-electron chi connectivity index (χ2n) is 5.89. The summed E-state index contributed by atoms with van der Waals surface area (Å²) in [6.45, 7) is 4.44. The van der Waals surface area contributed by atoms with Crippen LogP contribution in [0.4, 0.5) is 0 Å². The molecular weight excluding hydrogens is 322 g/mol. The summed E-state index contributed by atoms with van der Waals surface area (Å²) < 4.78 is 5.14. The molecule has 1 aromatic heterocycles. The summed E-state index contributed by atoms with van der Waals surface area (Å²) in [5, 5.41) is 13.0. The second-order valence-corrected chi connectivity index (χ2v) is 7.35. The van der Waals surface area contributed by atoms with E-state index in [0.29, 0.717) is 12.2 Å². The third-order valence-corrected chi connectivity index (χ3v) is 4.97. The minimum atomic E-state index is -0.731. The molecule has 5 heteroatoms. The van der Waals surface area contributed by atoms with E-state index in [0.717, 1.165) is 18.4 Å². The lowest BCUT2D eigenvalue weighted by molar-refractivity contribution is -0.121. The zero-order valence-corrected chi connectivity index (χ0v) is 15.3. The summed E-state index contributed by atoms with van der Waals surface area (Å²) >= 11 is 1.80. The fraction of sp³-hybridized carbons (Fsp3) is 0.421. The van der Waals surface area contributed by atoms with Crippen LogP contribution < -0.4 is 10.1 Å². The fourth-order valence-electron chi connectivity index (χ4n) is 2.64. The average Bonchev–Trinajstić information content (AvgIpc) is 2.90. The van der Waals surface area contributed by atoms with E-state index in [4.69, 9.17) is 4.74 Å². The smallest absolute Gasteiger partial charge is 0.220 e. The maximum atomic E-state index is 11.9. The summed E-state index contributed by atoms with van der Waals surface area (Å²) in [4.78, 5) is 14.6. The van der Waals surface area contributed by atoms with Gasteiger partial charge in [-0.2, -0.15) is 0 Å². The van der Waals surface area contributed by atoms with E-state index >= 15 is 0 Å². The van der Waals surface area contributed by atoms with Crippen molar-refractivity contribution in [3.63, 3.8) is 0 Å². The number of thiophene rings is 1. The van der Waals surface area contributed by atoms with Crippen LogP contribution >= 0.6 is 11.3 Å². The van der Waals surface area contributed by atoms with Crippen molar-refractivity contribution in [3.05, 3.63) is 51.2 Å². The fourth-order valence-corrected chi connectivity index (χ4v) is 3.61. The summed E-state index contributed by atoms with van der Waals surface area (Å²) in [6, 6.07) is 9.44. The molecule has 1 aromatic carbocycles. The van der Waals surface area contributed by atoms with Crippen LogP contribution in [0.25, 0.3) is 0 Å². The molecule has 2 rings (SSSR count). The molecule has 1 amide bonds. The third-order valence-electron chi connectivity index (χ3n) is 3.96. The first-order chi connectivity index (χ1) is 11.5. The van der Waals surface area contributed by atoms with Gasteiger partial charge in [-0.1, -0.05) is 12.1 Å². The molecular formula is C19H25NO3S. The predicted octanol–water partition coefficient (Wildman–Crippen LogP) is 3.55. The Balaban J connectivity index is 1.73. The summed E-state index contributed by atoms with van der Waals surface area (Å²) in [5.74, 6) is 0.667. The van der Waals surface area contributed by atoms with Crippen molar-refractivity contribution in [2.24, 2.45) is 0 Å². The molecule has 0 saturated heterocycles. The Bertz CT molecular complexity index is 681. The Kier molecular flexibility index (Phi) is 6.82. The van der Waals surface area contributed by atoms with Gasteiger partial charge in [0, 0.05) is 22.7 Å². The van der Waals surface area contributed by atoms with Gasteiger partial charge >= 0.3 is 0 Å². The normalized spacial score (nSPS) is 12.0. The van der Waals surface area contributed by atoms with Crippen molar-refractivity contribution >= 4 is 17.2 Å². The van der Waals surface area contributed by atoms with Crippen LogP contribution in [0.5, 0.6) is 5.75 Å². The average molecular weight is 347 g/mol. The van der Waals surface area contributed by atoms with Crippen molar-refractivity contribution in [2.45, 2.75) is 39.2 Å². The topological polar surface area (TPSA) is 58.6 Å². The lowest BCUT2D eigenvalue weighted by Crippen LogP contribution is -2.28. The molecule has 130 valence electrons. The maximum absolute atomic E-state index is 11.9. The number of aliphatic hydroxyl groups excluding tert-OH is 1. The quantitative estimate of drug-likeness (QED) is 0.768. The number of aliphatic hydroxyl groups is 1. The Morgan fingerprint density at radius 3 is 2.79 bits per heavy atom. The van der Waals surface area contributed by atoms with Gasteiger partial charge in [0.1, 0.15) is 5.75 Å². The zero-order chi connectivity index (χ0) is 17.5. The first-order valence-corrected chi connectivity index (χ1v) is 8.96. The van der Waals surface area contributed by atoms with Crippen LogP contribution in [0.3, 0.4) is 0 Å². The number of nitrogens with one attached hydrogen (secondary N) is 1. The molecule has 0 saturated carbocycles. The van der Waals surface area contributed by atoms with Gasteiger partial charge in [-0.3, -0.25) is 4.79 Å². The molecule has 0 fully saturated rings. The van der Waals surface area contributed by atoms with Crippen LogP contribution in [0, 0.1) is 13.8 Å². The van der Waals surface area contributed by atoms with E-state index in [2.05, 4.69) is 25.2 Å². The number of methoxy groups -OCH3 is 1. The van der Waals surface area contributed by atoms with Crippen molar-refractivity contribution in [1.29, 1.82) is 0 Å². The highest BCUT2D eigenvalue weighted by molar-refractivity contribution is 7.12. The molecule has 24 heavy (non-hydrogen) atoms. The van der Waals surface area contributed by atoms with Gasteiger partial charge in [0.2, 0.25) is 5.91 Å². The summed E-state index contributed by atoms with van der Waals surface area (Å²) in [6.07, 6.45) is 1.48. The molecule has 4 nitrogen and oxygen atoms in total. The van der Waals surface area contributed by atoms with Gasteiger partial charge in [0.25, 0.3) is 0 Å². The Hall–Kier alpha value is -1.85. The highest BCUT2D eigenvalue weighted by Crippen LogP contribution is 2.22. The number of ether oxygens (including phenoxy) is 1. The molecule has 0 aliphatic rings. The largest absolute Gasteiger partial charge is 0.497 e. The molecule has 0 bridgehead atoms. The number of aryl methyl sites for hydroxylation is 3. The Labute approximate surface area is 147 Å². The minimum absolute atomic E-state index is 0.0263. The van der Waals surface area contributed by atoms with E-state index in [1.807, 2.05) is 18.2 Å². The van der Waals surface area contributed by atoms with Crippen LogP contribution in [0.1, 0.15) is 39.8 Å². The van der Waals surface area contributed by atoms with Gasteiger partial charge in [-0.15, -0.1) is 11.3 Å². The number of hydrogen-bond donors (Lipinski definition) is 2. The van der Waals surface area contributed by atoms with Crippen LogP contribution in [0.15, 0.2) is 30.3 Å². The van der Waals surface area contributed by atoms with Gasteiger partial charge in [0.05, 0.1) is 13.2 Å². The molecule has 0 radical (unpaired) electrons. The summed E-state index contributed by atoms with van der Waals surface area (Å²) in [5.41, 5.74) is 2.07. The number of rotatable bonds is 8. The van der Waals surface area contributed by atoms with Crippen molar-refractivity contribution in [3.8, 4) is 5.75 Å². The molecule has 1 unspecified atom stereocenters. The van der Waals surface area contributed by atoms with E-state index in [1.165, 1.54) is 15.3 Å². The number of carbonyl (C=O) groups excluding carboxylic acids is 1. The van der Waals surface area contributed by atoms with Gasteiger partial charge < -0.3 is 15.2 Å². The lowest BCUT2D eigenvalue weighted by atomic mass is 10.1. The number of benzene rings is 1. The minimum Gasteiger partial charge on any atom is -0.497 e. The van der Waals surface area contributed by atoms with E-state index in [9.17, 15) is 9.90 Å². The van der Waals surface area contributed by atoms with Crippen molar-refractivity contribution in [1.82, 2.24) is 5.32 Å². The number of hydrogen-bond acceptors (Lipinski definition) is 4. The number of amides is 1. The van der Waals surface area contributed by atoms with E-state index in [1.54, 1.807) is 24.5 Å². The van der Waals surface area contributed by atoms with Gasteiger partial charge in [-0.25, -0.2) is 0 Å². The third kappa shape index (κ3) is 5.35. The monoisotopic (exact) mass is 347 g/mol. The Morgan fingerprint density at radius 1 is 1.33 bits per heavy atom. The lowest BCUT2D eigenvalue weighted by Gasteiger charge is -2.13. The molecule has 2 N–H and O–H groups in total. The molecule has 0 aliphatic heterocycles. The van der Waals surface area contributed by atoms with E-state index < -0.39 is 6.10 Å². The van der Waals surface area contributed by atoms with E-state index in [-0.39, 0.29) is 12.5 Å². The number of carbonyl (C=O) groups is 1. The van der Waals surface area contributed by atoms with Crippen LogP contribution in [-0.4, -0.2) is 24.7 Å². The highest BCUT2D eigenvalue weighted by atomic mass is 32.1. The first kappa shape index (κ1) is 18.5. The first-order valence-electron chi connectivity index (χ1n) is 8.14. The van der Waals surface area contributed by atoms with Crippen LogP contribution in [0.2, 0.25) is 0 Å².